The molecule has 0 radical (unpaired) electrons. The van der Waals surface area contributed by atoms with Gasteiger partial charge in [0.25, 0.3) is 11.8 Å². The number of aryl methyl sites for hydroxylation is 2. The third-order valence-corrected chi connectivity index (χ3v) is 12.9. The highest BCUT2D eigenvalue weighted by Gasteiger charge is 2.29. The maximum Gasteiger partial charge on any atom is 0.390 e. The minimum atomic E-state index is -4.28. The molecule has 2 aromatic heterocycles. The lowest BCUT2D eigenvalue weighted by Crippen LogP contribution is -2.36. The van der Waals surface area contributed by atoms with Crippen LogP contribution in [0.3, 0.4) is 0 Å². The summed E-state index contributed by atoms with van der Waals surface area (Å²) >= 11 is 3.42. The van der Waals surface area contributed by atoms with Crippen LogP contribution in [0.2, 0.25) is 0 Å². The lowest BCUT2D eigenvalue weighted by molar-refractivity contribution is -0.132. The number of carbonyl (C=O) groups excluding carboxylic acids is 2. The van der Waals surface area contributed by atoms with E-state index in [0.29, 0.717) is 63.8 Å². The molecule has 2 amide bonds. The van der Waals surface area contributed by atoms with Crippen molar-refractivity contribution in [2.75, 3.05) is 54.9 Å². The van der Waals surface area contributed by atoms with Crippen LogP contribution in [0.4, 0.5) is 43.4 Å². The standard InChI is InChI=1S/C31H32F3N5O3.C21H20BrF3N4O/c1-20-16-23(6-9-26(20)30(40)37-21-2-3-21)39-19-36-29-27(35-11-10-31(32,33)34)17-25(18-28(29)39)42-24-7-4-22(5-8-24)38-12-14-41-15-13-38;1-12-8-15(4-5-16(12)20(30)28-14-2-3-14)29-11-27-19-17(9-13(22)10-18(19)29)26-7-6-21(23,24)25/h4-9,16-19,21,35H,2-3,10-15H2,1H3,(H,37,40);4-5,8-11,14,26H,2-3,6-7H2,1H3,(H,28,30). The van der Waals surface area contributed by atoms with Crippen molar-refractivity contribution in [2.45, 2.75) is 76.8 Å². The Bertz CT molecular complexity index is 3090. The molecule has 2 aliphatic carbocycles. The zero-order chi connectivity index (χ0) is 50.7. The quantitative estimate of drug-likeness (QED) is 0.0739. The minimum Gasteiger partial charge on any atom is -0.457 e. The largest absolute Gasteiger partial charge is 0.457 e. The molecule has 0 bridgehead atoms. The number of morpholine rings is 1. The van der Waals surface area contributed by atoms with Crippen LogP contribution in [0, 0.1) is 13.8 Å². The molecule has 3 fully saturated rings. The van der Waals surface area contributed by atoms with Crippen molar-refractivity contribution in [1.82, 2.24) is 29.7 Å². The molecule has 1 aliphatic heterocycles. The minimum absolute atomic E-state index is 0.0732. The summed E-state index contributed by atoms with van der Waals surface area (Å²) in [6.07, 6.45) is -3.09. The third kappa shape index (κ3) is 12.6. The molecule has 3 aliphatic rings. The predicted molar refractivity (Wildman–Crippen MR) is 268 cm³/mol. The maximum absolute atomic E-state index is 12.9. The first-order valence-electron chi connectivity index (χ1n) is 23.7. The van der Waals surface area contributed by atoms with Gasteiger partial charge in [0, 0.05) is 83.1 Å². The second-order valence-corrected chi connectivity index (χ2v) is 19.1. The Morgan fingerprint density at radius 1 is 0.639 bits per heavy atom. The topological polar surface area (TPSA) is 140 Å². The second kappa shape index (κ2) is 21.1. The summed E-state index contributed by atoms with van der Waals surface area (Å²) in [6, 6.07) is 26.4. The fourth-order valence-electron chi connectivity index (χ4n) is 8.36. The third-order valence-electron chi connectivity index (χ3n) is 12.4. The second-order valence-electron chi connectivity index (χ2n) is 18.2. The van der Waals surface area contributed by atoms with Gasteiger partial charge in [0.2, 0.25) is 0 Å². The van der Waals surface area contributed by atoms with Crippen LogP contribution in [0.5, 0.6) is 11.5 Å². The molecular formula is C52H52BrF6N9O4. The zero-order valence-corrected chi connectivity index (χ0v) is 41.0. The number of aromatic nitrogens is 4. The summed E-state index contributed by atoms with van der Waals surface area (Å²) in [5.74, 6) is 0.884. The van der Waals surface area contributed by atoms with Gasteiger partial charge in [-0.2, -0.15) is 26.3 Å². The molecule has 1 saturated heterocycles. The molecule has 10 rings (SSSR count). The summed E-state index contributed by atoms with van der Waals surface area (Å²) in [7, 11) is 0. The van der Waals surface area contributed by atoms with E-state index in [-0.39, 0.29) is 37.0 Å². The van der Waals surface area contributed by atoms with Crippen LogP contribution in [0.15, 0.2) is 102 Å². The van der Waals surface area contributed by atoms with Crippen molar-refractivity contribution >= 4 is 66.9 Å². The van der Waals surface area contributed by atoms with Crippen molar-refractivity contribution in [1.29, 1.82) is 0 Å². The molecule has 0 unspecified atom stereocenters. The molecule has 3 heterocycles. The number of rotatable bonds is 15. The zero-order valence-electron chi connectivity index (χ0n) is 39.4. The number of benzene rings is 5. The lowest BCUT2D eigenvalue weighted by atomic mass is 10.1. The van der Waals surface area contributed by atoms with Crippen molar-refractivity contribution in [3.05, 3.63) is 124 Å². The van der Waals surface area contributed by atoms with Gasteiger partial charge in [0.1, 0.15) is 35.2 Å². The van der Waals surface area contributed by atoms with Crippen LogP contribution < -0.4 is 30.9 Å². The van der Waals surface area contributed by atoms with E-state index in [4.69, 9.17) is 9.47 Å². The van der Waals surface area contributed by atoms with Gasteiger partial charge in [0.15, 0.2) is 0 Å². The Labute approximate surface area is 419 Å². The molecule has 20 heteroatoms. The van der Waals surface area contributed by atoms with E-state index in [1.807, 2.05) is 83.6 Å². The number of ether oxygens (including phenoxy) is 2. The number of nitrogens with zero attached hydrogens (tertiary/aromatic N) is 5. The first-order valence-corrected chi connectivity index (χ1v) is 24.5. The molecule has 13 nitrogen and oxygen atoms in total. The monoisotopic (exact) mass is 1060 g/mol. The summed E-state index contributed by atoms with van der Waals surface area (Å²) in [5, 5.41) is 11.7. The molecule has 4 N–H and O–H groups in total. The molecule has 0 spiro atoms. The van der Waals surface area contributed by atoms with Crippen LogP contribution in [0.25, 0.3) is 33.4 Å². The maximum atomic E-state index is 12.9. The van der Waals surface area contributed by atoms with Crippen LogP contribution in [-0.2, 0) is 4.74 Å². The average Bonchev–Trinajstić information content (AvgIpc) is 4.25. The molecule has 5 aromatic carbocycles. The smallest absolute Gasteiger partial charge is 0.390 e. The van der Waals surface area contributed by atoms with Crippen molar-refractivity contribution in [3.8, 4) is 22.9 Å². The number of fused-ring (bicyclic) bond motifs is 2. The summed E-state index contributed by atoms with van der Waals surface area (Å²) in [4.78, 5) is 36.2. The van der Waals surface area contributed by atoms with Gasteiger partial charge in [0.05, 0.1) is 48.5 Å². The highest BCUT2D eigenvalue weighted by molar-refractivity contribution is 9.10. The highest BCUT2D eigenvalue weighted by Crippen LogP contribution is 2.35. The van der Waals surface area contributed by atoms with Gasteiger partial charge in [-0.25, -0.2) is 9.97 Å². The summed E-state index contributed by atoms with van der Waals surface area (Å²) in [5.41, 5.74) is 8.99. The Morgan fingerprint density at radius 2 is 1.11 bits per heavy atom. The summed E-state index contributed by atoms with van der Waals surface area (Å²) in [6.45, 7) is 6.24. The molecule has 378 valence electrons. The van der Waals surface area contributed by atoms with E-state index in [1.54, 1.807) is 36.9 Å². The fourth-order valence-corrected chi connectivity index (χ4v) is 8.80. The Hall–Kier alpha value is -6.80. The number of anilines is 3. The van der Waals surface area contributed by atoms with E-state index >= 15 is 0 Å². The number of hydrogen-bond donors (Lipinski definition) is 4. The number of halogens is 7. The van der Waals surface area contributed by atoms with Crippen molar-refractivity contribution in [2.24, 2.45) is 0 Å². The van der Waals surface area contributed by atoms with Crippen molar-refractivity contribution in [3.63, 3.8) is 0 Å². The van der Waals surface area contributed by atoms with Gasteiger partial charge in [-0.05, 0) is 123 Å². The predicted octanol–water partition coefficient (Wildman–Crippen LogP) is 11.6. The van der Waals surface area contributed by atoms with Crippen molar-refractivity contribution < 1.29 is 45.4 Å². The van der Waals surface area contributed by atoms with Gasteiger partial charge >= 0.3 is 12.4 Å². The van der Waals surface area contributed by atoms with E-state index in [2.05, 4.69) is 52.1 Å². The number of nitrogens with one attached hydrogen (secondary N) is 4. The normalized spacial score (nSPS) is 15.0. The molecule has 2 saturated carbocycles. The van der Waals surface area contributed by atoms with Crippen LogP contribution >= 0.6 is 15.9 Å². The molecule has 0 atom stereocenters. The molecule has 7 aromatic rings. The first-order chi connectivity index (χ1) is 34.4. The summed E-state index contributed by atoms with van der Waals surface area (Å²) < 4.78 is 92.2. The van der Waals surface area contributed by atoms with Gasteiger partial charge in [-0.15, -0.1) is 0 Å². The van der Waals surface area contributed by atoms with Crippen LogP contribution in [-0.4, -0.2) is 94.7 Å². The number of amides is 2. The van der Waals surface area contributed by atoms with E-state index in [9.17, 15) is 35.9 Å². The first kappa shape index (κ1) is 50.2. The Morgan fingerprint density at radius 3 is 1.58 bits per heavy atom. The Balaban J connectivity index is 0.000000188. The molecular weight excluding hydrogens is 1010 g/mol. The number of imidazole rings is 2. The fraction of sp³-hybridized carbons (Fsp3) is 0.346. The van der Waals surface area contributed by atoms with Crippen LogP contribution in [0.1, 0.15) is 70.4 Å². The molecule has 72 heavy (non-hydrogen) atoms. The Kier molecular flexibility index (Phi) is 14.7. The number of alkyl halides is 6. The van der Waals surface area contributed by atoms with Gasteiger partial charge in [-0.3, -0.25) is 18.7 Å². The van der Waals surface area contributed by atoms with E-state index < -0.39 is 25.2 Å². The number of hydrogen-bond acceptors (Lipinski definition) is 9. The number of carbonyl (C=O) groups is 2. The van der Waals surface area contributed by atoms with Gasteiger partial charge < -0.3 is 35.6 Å². The van der Waals surface area contributed by atoms with E-state index in [0.717, 1.165) is 77.0 Å². The van der Waals surface area contributed by atoms with E-state index in [1.165, 1.54) is 0 Å². The van der Waals surface area contributed by atoms with Gasteiger partial charge in [-0.1, -0.05) is 15.9 Å². The average molecular weight is 1060 g/mol. The highest BCUT2D eigenvalue weighted by atomic mass is 79.9. The SMILES string of the molecule is Cc1cc(-n2cnc3c(NCCC(F)(F)F)cc(Br)cc32)ccc1C(=O)NC1CC1.Cc1cc(-n2cnc3c(NCCC(F)(F)F)cc(Oc4ccc(N5CCOCC5)cc4)cc32)ccc1C(=O)NC1CC1. The lowest BCUT2D eigenvalue weighted by Gasteiger charge is -2.28.